The van der Waals surface area contributed by atoms with Crippen LogP contribution in [0.25, 0.3) is 0 Å². The van der Waals surface area contributed by atoms with Crippen LogP contribution in [0.15, 0.2) is 12.3 Å². The van der Waals surface area contributed by atoms with Crippen molar-refractivity contribution in [1.29, 1.82) is 0 Å². The number of aromatic nitrogens is 2. The summed E-state index contributed by atoms with van der Waals surface area (Å²) < 4.78 is 1.82. The van der Waals surface area contributed by atoms with Crippen molar-refractivity contribution in [2.45, 2.75) is 32.2 Å². The maximum absolute atomic E-state index is 8.59. The van der Waals surface area contributed by atoms with E-state index in [4.69, 9.17) is 5.11 Å². The predicted octanol–water partition coefficient (Wildman–Crippen LogP) is 1.06. The monoisotopic (exact) mass is 211 g/mol. The van der Waals surface area contributed by atoms with Crippen LogP contribution in [0.2, 0.25) is 0 Å². The quantitative estimate of drug-likeness (QED) is 0.632. The first-order valence-corrected chi connectivity index (χ1v) is 5.63. The van der Waals surface area contributed by atoms with E-state index in [2.05, 4.69) is 10.4 Å². The van der Waals surface area contributed by atoms with Gasteiger partial charge in [0.1, 0.15) is 0 Å². The van der Waals surface area contributed by atoms with Gasteiger partial charge in [-0.2, -0.15) is 5.10 Å². The summed E-state index contributed by atoms with van der Waals surface area (Å²) in [6.45, 7) is 2.20. The Kier molecular flexibility index (Phi) is 6.04. The van der Waals surface area contributed by atoms with Gasteiger partial charge in [0.05, 0.1) is 5.69 Å². The van der Waals surface area contributed by atoms with Crippen LogP contribution in [0, 0.1) is 0 Å². The molecule has 0 aliphatic heterocycles. The molecule has 4 heteroatoms. The molecule has 0 spiro atoms. The molecule has 0 unspecified atom stereocenters. The van der Waals surface area contributed by atoms with Crippen LogP contribution >= 0.6 is 0 Å². The van der Waals surface area contributed by atoms with Gasteiger partial charge in [0, 0.05) is 26.4 Å². The third kappa shape index (κ3) is 5.54. The van der Waals surface area contributed by atoms with E-state index in [9.17, 15) is 0 Å². The second-order valence-corrected chi connectivity index (χ2v) is 3.80. The molecule has 86 valence electrons. The van der Waals surface area contributed by atoms with Crippen LogP contribution < -0.4 is 5.32 Å². The fraction of sp³-hybridized carbons (Fsp3) is 0.727. The van der Waals surface area contributed by atoms with E-state index >= 15 is 0 Å². The molecule has 1 heterocycles. The van der Waals surface area contributed by atoms with Crippen LogP contribution in [-0.4, -0.2) is 28.0 Å². The van der Waals surface area contributed by atoms with Gasteiger partial charge in [-0.15, -0.1) is 0 Å². The first kappa shape index (κ1) is 12.2. The second-order valence-electron chi connectivity index (χ2n) is 3.80. The third-order valence-corrected chi connectivity index (χ3v) is 2.34. The molecule has 0 fully saturated rings. The Morgan fingerprint density at radius 2 is 2.13 bits per heavy atom. The van der Waals surface area contributed by atoms with Gasteiger partial charge in [-0.25, -0.2) is 0 Å². The Balaban J connectivity index is 1.93. The minimum Gasteiger partial charge on any atom is -0.396 e. The molecular formula is C11H21N3O. The van der Waals surface area contributed by atoms with Gasteiger partial charge in [-0.3, -0.25) is 4.68 Å². The van der Waals surface area contributed by atoms with Gasteiger partial charge in [-0.1, -0.05) is 12.8 Å². The zero-order valence-electron chi connectivity index (χ0n) is 9.45. The van der Waals surface area contributed by atoms with Gasteiger partial charge in [0.15, 0.2) is 0 Å². The topological polar surface area (TPSA) is 50.1 Å². The zero-order chi connectivity index (χ0) is 10.9. The van der Waals surface area contributed by atoms with Crippen LogP contribution in [0.5, 0.6) is 0 Å². The standard InChI is InChI=1S/C11H21N3O/c1-14-8-6-11(13-14)10-12-7-4-2-3-5-9-15/h6,8,12,15H,2-5,7,9-10H2,1H3. The van der Waals surface area contributed by atoms with Crippen molar-refractivity contribution in [1.82, 2.24) is 15.1 Å². The van der Waals surface area contributed by atoms with Gasteiger partial charge >= 0.3 is 0 Å². The van der Waals surface area contributed by atoms with E-state index in [0.717, 1.165) is 31.6 Å². The lowest BCUT2D eigenvalue weighted by molar-refractivity contribution is 0.282. The van der Waals surface area contributed by atoms with Gasteiger partial charge in [0.2, 0.25) is 0 Å². The molecule has 4 nitrogen and oxygen atoms in total. The van der Waals surface area contributed by atoms with E-state index in [-0.39, 0.29) is 0 Å². The summed E-state index contributed by atoms with van der Waals surface area (Å²) >= 11 is 0. The van der Waals surface area contributed by atoms with Crippen LogP contribution in [0.4, 0.5) is 0 Å². The maximum atomic E-state index is 8.59. The van der Waals surface area contributed by atoms with Crippen molar-refractivity contribution in [3.63, 3.8) is 0 Å². The Morgan fingerprint density at radius 3 is 2.80 bits per heavy atom. The van der Waals surface area contributed by atoms with Crippen molar-refractivity contribution in [3.8, 4) is 0 Å². The van der Waals surface area contributed by atoms with E-state index < -0.39 is 0 Å². The van der Waals surface area contributed by atoms with Gasteiger partial charge in [0.25, 0.3) is 0 Å². The lowest BCUT2D eigenvalue weighted by Crippen LogP contribution is -2.15. The Bertz CT molecular complexity index is 260. The summed E-state index contributed by atoms with van der Waals surface area (Å²) in [6, 6.07) is 2.03. The smallest absolute Gasteiger partial charge is 0.0762 e. The average molecular weight is 211 g/mol. The number of hydrogen-bond donors (Lipinski definition) is 2. The average Bonchev–Trinajstić information content (AvgIpc) is 2.63. The fourth-order valence-electron chi connectivity index (χ4n) is 1.49. The summed E-state index contributed by atoms with van der Waals surface area (Å²) in [5, 5.41) is 16.2. The summed E-state index contributed by atoms with van der Waals surface area (Å²) in [6.07, 6.45) is 6.38. The molecule has 0 aromatic carbocycles. The van der Waals surface area contributed by atoms with Crippen molar-refractivity contribution in [2.75, 3.05) is 13.2 Å². The summed E-state index contributed by atoms with van der Waals surface area (Å²) in [5.74, 6) is 0. The van der Waals surface area contributed by atoms with Crippen molar-refractivity contribution < 1.29 is 5.11 Å². The number of nitrogens with one attached hydrogen (secondary N) is 1. The van der Waals surface area contributed by atoms with Crippen molar-refractivity contribution >= 4 is 0 Å². The molecule has 0 saturated carbocycles. The van der Waals surface area contributed by atoms with Gasteiger partial charge in [-0.05, 0) is 25.5 Å². The molecule has 0 bridgehead atoms. The molecule has 1 aromatic rings. The predicted molar refractivity (Wildman–Crippen MR) is 60.5 cm³/mol. The first-order chi connectivity index (χ1) is 7.33. The summed E-state index contributed by atoms with van der Waals surface area (Å²) in [4.78, 5) is 0. The highest BCUT2D eigenvalue weighted by Gasteiger charge is 1.95. The number of aryl methyl sites for hydroxylation is 1. The number of unbranched alkanes of at least 4 members (excludes halogenated alkanes) is 3. The number of aliphatic hydroxyl groups is 1. The highest BCUT2D eigenvalue weighted by molar-refractivity contribution is 4.97. The molecule has 0 saturated heterocycles. The largest absolute Gasteiger partial charge is 0.396 e. The minimum absolute atomic E-state index is 0.321. The summed E-state index contributed by atoms with van der Waals surface area (Å²) in [7, 11) is 1.93. The molecular weight excluding hydrogens is 190 g/mol. The molecule has 0 amide bonds. The third-order valence-electron chi connectivity index (χ3n) is 2.34. The molecule has 15 heavy (non-hydrogen) atoms. The van der Waals surface area contributed by atoms with Crippen LogP contribution in [-0.2, 0) is 13.6 Å². The number of hydrogen-bond acceptors (Lipinski definition) is 3. The SMILES string of the molecule is Cn1ccc(CNCCCCCCO)n1. The Labute approximate surface area is 91.3 Å². The highest BCUT2D eigenvalue weighted by atomic mass is 16.2. The molecule has 2 N–H and O–H groups in total. The molecule has 1 aromatic heterocycles. The first-order valence-electron chi connectivity index (χ1n) is 5.63. The summed E-state index contributed by atoms with van der Waals surface area (Å²) in [5.41, 5.74) is 1.09. The number of rotatable bonds is 8. The second kappa shape index (κ2) is 7.43. The van der Waals surface area contributed by atoms with Gasteiger partial charge < -0.3 is 10.4 Å². The molecule has 0 aliphatic carbocycles. The van der Waals surface area contributed by atoms with E-state index in [1.54, 1.807) is 0 Å². The molecule has 0 atom stereocenters. The normalized spacial score (nSPS) is 10.8. The van der Waals surface area contributed by atoms with Crippen molar-refractivity contribution in [2.24, 2.45) is 7.05 Å². The number of aliphatic hydroxyl groups excluding tert-OH is 1. The molecule has 1 rings (SSSR count). The Hall–Kier alpha value is -0.870. The number of nitrogens with zero attached hydrogens (tertiary/aromatic N) is 2. The zero-order valence-corrected chi connectivity index (χ0v) is 9.45. The van der Waals surface area contributed by atoms with Crippen LogP contribution in [0.1, 0.15) is 31.4 Å². The minimum atomic E-state index is 0.321. The van der Waals surface area contributed by atoms with E-state index in [1.165, 1.54) is 12.8 Å². The molecule has 0 aliphatic rings. The lowest BCUT2D eigenvalue weighted by Gasteiger charge is -2.02. The lowest BCUT2D eigenvalue weighted by atomic mass is 10.2. The highest BCUT2D eigenvalue weighted by Crippen LogP contribution is 1.98. The maximum Gasteiger partial charge on any atom is 0.0762 e. The molecule has 0 radical (unpaired) electrons. The van der Waals surface area contributed by atoms with E-state index in [1.807, 2.05) is 24.0 Å². The van der Waals surface area contributed by atoms with Crippen molar-refractivity contribution in [3.05, 3.63) is 18.0 Å². The van der Waals surface area contributed by atoms with E-state index in [0.29, 0.717) is 6.61 Å². The Morgan fingerprint density at radius 1 is 1.33 bits per heavy atom. The fourth-order valence-corrected chi connectivity index (χ4v) is 1.49. The van der Waals surface area contributed by atoms with Crippen LogP contribution in [0.3, 0.4) is 0 Å².